The van der Waals surface area contributed by atoms with Gasteiger partial charge in [-0.15, -0.1) is 0 Å². The Balaban J connectivity index is 1.50. The highest BCUT2D eigenvalue weighted by molar-refractivity contribution is 6.25. The molecule has 0 spiro atoms. The fraction of sp³-hybridized carbons (Fsp3) is 0.149. The molecular formula is C47H40. The number of fused-ring (bicyclic) bond motifs is 5. The molecule has 0 heterocycles. The molecule has 0 radical (unpaired) electrons. The zero-order valence-corrected chi connectivity index (χ0v) is 27.8. The van der Waals surface area contributed by atoms with Gasteiger partial charge in [0.2, 0.25) is 0 Å². The van der Waals surface area contributed by atoms with Crippen molar-refractivity contribution in [3.05, 3.63) is 156 Å². The van der Waals surface area contributed by atoms with E-state index in [9.17, 15) is 0 Å². The van der Waals surface area contributed by atoms with Crippen molar-refractivity contribution >= 4 is 43.1 Å². The van der Waals surface area contributed by atoms with Crippen LogP contribution in [0.5, 0.6) is 0 Å². The average molecular weight is 605 g/mol. The fourth-order valence-corrected chi connectivity index (χ4v) is 7.86. The molecule has 0 nitrogen and oxygen atoms in total. The van der Waals surface area contributed by atoms with Crippen LogP contribution in [0.2, 0.25) is 0 Å². The minimum Gasteiger partial charge on any atom is -0.0622 e. The van der Waals surface area contributed by atoms with Crippen LogP contribution in [0.25, 0.3) is 76.5 Å². The first-order chi connectivity index (χ1) is 23.1. The van der Waals surface area contributed by atoms with Crippen LogP contribution in [0.3, 0.4) is 0 Å². The maximum absolute atomic E-state index is 2.47. The second kappa shape index (κ2) is 11.9. The first-order valence-electron chi connectivity index (χ1n) is 17.2. The predicted octanol–water partition coefficient (Wildman–Crippen LogP) is 13.5. The highest BCUT2D eigenvalue weighted by atomic mass is 14.2. The molecule has 0 atom stereocenters. The molecule has 0 heteroatoms. The zero-order chi connectivity index (χ0) is 32.1. The van der Waals surface area contributed by atoms with Crippen LogP contribution in [-0.2, 0) is 12.8 Å². The van der Waals surface area contributed by atoms with Crippen LogP contribution in [0.1, 0.15) is 50.3 Å². The van der Waals surface area contributed by atoms with E-state index in [1.54, 1.807) is 0 Å². The second-order valence-corrected chi connectivity index (χ2v) is 13.2. The summed E-state index contributed by atoms with van der Waals surface area (Å²) in [4.78, 5) is 0. The van der Waals surface area contributed by atoms with Gasteiger partial charge >= 0.3 is 0 Å². The van der Waals surface area contributed by atoms with Crippen LogP contribution in [0.4, 0.5) is 0 Å². The van der Waals surface area contributed by atoms with E-state index in [4.69, 9.17) is 0 Å². The van der Waals surface area contributed by atoms with Gasteiger partial charge in [-0.25, -0.2) is 0 Å². The molecule has 0 aliphatic heterocycles. The van der Waals surface area contributed by atoms with E-state index in [1.807, 2.05) is 0 Å². The van der Waals surface area contributed by atoms with Gasteiger partial charge < -0.3 is 0 Å². The van der Waals surface area contributed by atoms with Crippen molar-refractivity contribution in [2.45, 2.75) is 46.5 Å². The molecule has 8 aromatic carbocycles. The third-order valence-corrected chi connectivity index (χ3v) is 10.2. The molecule has 0 fully saturated rings. The topological polar surface area (TPSA) is 0 Å². The first-order valence-corrected chi connectivity index (χ1v) is 17.2. The molecule has 0 bridgehead atoms. The molecule has 47 heavy (non-hydrogen) atoms. The number of hydrogen-bond acceptors (Lipinski definition) is 0. The summed E-state index contributed by atoms with van der Waals surface area (Å²) in [5.41, 5.74) is 12.2. The Morgan fingerprint density at radius 2 is 0.936 bits per heavy atom. The van der Waals surface area contributed by atoms with Gasteiger partial charge in [0, 0.05) is 0 Å². The quantitative estimate of drug-likeness (QED) is 0.131. The van der Waals surface area contributed by atoms with E-state index in [1.165, 1.54) is 93.2 Å². The van der Waals surface area contributed by atoms with Crippen molar-refractivity contribution in [2.75, 3.05) is 0 Å². The lowest BCUT2D eigenvalue weighted by molar-refractivity contribution is 0.869. The lowest BCUT2D eigenvalue weighted by atomic mass is 9.81. The van der Waals surface area contributed by atoms with Gasteiger partial charge in [-0.2, -0.15) is 0 Å². The molecule has 0 aromatic heterocycles. The molecule has 228 valence electrons. The van der Waals surface area contributed by atoms with Gasteiger partial charge in [-0.1, -0.05) is 161 Å². The van der Waals surface area contributed by atoms with Crippen LogP contribution < -0.4 is 0 Å². The third kappa shape index (κ3) is 4.83. The highest BCUT2D eigenvalue weighted by Crippen LogP contribution is 2.47. The zero-order valence-electron chi connectivity index (χ0n) is 27.8. The normalized spacial score (nSPS) is 11.8. The molecule has 8 rings (SSSR count). The summed E-state index contributed by atoms with van der Waals surface area (Å²) in [7, 11) is 0. The van der Waals surface area contributed by atoms with Gasteiger partial charge in [0.15, 0.2) is 0 Å². The Morgan fingerprint density at radius 3 is 1.51 bits per heavy atom. The second-order valence-electron chi connectivity index (χ2n) is 13.2. The Bertz CT molecular complexity index is 2360. The molecule has 0 saturated carbocycles. The minimum absolute atomic E-state index is 0.453. The van der Waals surface area contributed by atoms with E-state index in [2.05, 4.69) is 167 Å². The van der Waals surface area contributed by atoms with Crippen molar-refractivity contribution in [3.8, 4) is 33.4 Å². The van der Waals surface area contributed by atoms with E-state index < -0.39 is 0 Å². The summed E-state index contributed by atoms with van der Waals surface area (Å²) in [6.45, 7) is 9.17. The van der Waals surface area contributed by atoms with Crippen molar-refractivity contribution in [2.24, 2.45) is 0 Å². The number of rotatable bonds is 6. The molecule has 0 N–H and O–H groups in total. The summed E-state index contributed by atoms with van der Waals surface area (Å²) in [6, 6.07) is 52.5. The van der Waals surface area contributed by atoms with Gasteiger partial charge in [-0.3, -0.25) is 0 Å². The summed E-state index contributed by atoms with van der Waals surface area (Å²) in [5.74, 6) is 0.453. The van der Waals surface area contributed by atoms with Crippen molar-refractivity contribution in [1.82, 2.24) is 0 Å². The van der Waals surface area contributed by atoms with Crippen LogP contribution in [0.15, 0.2) is 140 Å². The van der Waals surface area contributed by atoms with E-state index >= 15 is 0 Å². The lowest BCUT2D eigenvalue weighted by Crippen LogP contribution is -1.98. The lowest BCUT2D eigenvalue weighted by Gasteiger charge is -2.22. The van der Waals surface area contributed by atoms with Crippen LogP contribution in [-0.4, -0.2) is 0 Å². The van der Waals surface area contributed by atoms with Crippen molar-refractivity contribution < 1.29 is 0 Å². The maximum atomic E-state index is 2.47. The smallest absolute Gasteiger partial charge is 0.00199 e. The standard InChI is InChI=1S/C47H40/c1-5-31-26-36(27-32(6-2)45(31)33-16-8-7-9-17-33)46-39-20-12-14-22-41(39)47(42-23-15-13-21-40(42)46)44-29-35-18-10-11-19-37(35)38-25-24-34(30(3)4)28-43(38)44/h7-30H,5-6H2,1-4H3. The molecule has 8 aromatic rings. The summed E-state index contributed by atoms with van der Waals surface area (Å²) in [5, 5.41) is 10.4. The summed E-state index contributed by atoms with van der Waals surface area (Å²) >= 11 is 0. The molecule has 0 amide bonds. The highest BCUT2D eigenvalue weighted by Gasteiger charge is 2.21. The predicted molar refractivity (Wildman–Crippen MR) is 206 cm³/mol. The van der Waals surface area contributed by atoms with Crippen molar-refractivity contribution in [1.29, 1.82) is 0 Å². The third-order valence-electron chi connectivity index (χ3n) is 10.2. The summed E-state index contributed by atoms with van der Waals surface area (Å²) < 4.78 is 0. The largest absolute Gasteiger partial charge is 0.0622 e. The maximum Gasteiger partial charge on any atom is -0.00199 e. The molecule has 0 saturated heterocycles. The Hall–Kier alpha value is -5.20. The fourth-order valence-electron chi connectivity index (χ4n) is 7.86. The van der Waals surface area contributed by atoms with Gasteiger partial charge in [0.05, 0.1) is 0 Å². The molecule has 0 aliphatic carbocycles. The van der Waals surface area contributed by atoms with Gasteiger partial charge in [-0.05, 0) is 118 Å². The Labute approximate surface area is 278 Å². The van der Waals surface area contributed by atoms with Crippen molar-refractivity contribution in [3.63, 3.8) is 0 Å². The monoisotopic (exact) mass is 604 g/mol. The number of benzene rings is 8. The van der Waals surface area contributed by atoms with Gasteiger partial charge in [0.1, 0.15) is 0 Å². The molecular weight excluding hydrogens is 565 g/mol. The van der Waals surface area contributed by atoms with Crippen LogP contribution in [0, 0.1) is 0 Å². The van der Waals surface area contributed by atoms with E-state index in [0.29, 0.717) is 5.92 Å². The Kier molecular flexibility index (Phi) is 7.38. The van der Waals surface area contributed by atoms with Crippen LogP contribution >= 0.6 is 0 Å². The SMILES string of the molecule is CCc1cc(-c2c3ccccc3c(-c3cc4ccccc4c4ccc(C(C)C)cc34)c3ccccc23)cc(CC)c1-c1ccccc1. The minimum atomic E-state index is 0.453. The molecule has 0 unspecified atom stereocenters. The number of aryl methyl sites for hydroxylation is 2. The summed E-state index contributed by atoms with van der Waals surface area (Å²) in [6.07, 6.45) is 1.97. The number of hydrogen-bond donors (Lipinski definition) is 0. The van der Waals surface area contributed by atoms with Gasteiger partial charge in [0.25, 0.3) is 0 Å². The average Bonchev–Trinajstić information content (AvgIpc) is 3.13. The van der Waals surface area contributed by atoms with E-state index in [-0.39, 0.29) is 0 Å². The Morgan fingerprint density at radius 1 is 0.404 bits per heavy atom. The van der Waals surface area contributed by atoms with E-state index in [0.717, 1.165) is 12.8 Å². The molecule has 0 aliphatic rings. The first kappa shape index (κ1) is 29.2.